The van der Waals surface area contributed by atoms with Crippen LogP contribution in [0.25, 0.3) is 0 Å². The van der Waals surface area contributed by atoms with Crippen molar-refractivity contribution in [3.63, 3.8) is 0 Å². The van der Waals surface area contributed by atoms with E-state index < -0.39 is 5.82 Å². The van der Waals surface area contributed by atoms with E-state index in [1.54, 1.807) is 17.0 Å². The fraction of sp³-hybridized carbons (Fsp3) is 0.619. The Hall–Kier alpha value is -1.91. The number of halogens is 1. The summed E-state index contributed by atoms with van der Waals surface area (Å²) >= 11 is 0. The largest absolute Gasteiger partial charge is 0.340 e. The quantitative estimate of drug-likeness (QED) is 0.818. The molecule has 2 aliphatic rings. The first kappa shape index (κ1) is 18.9. The number of carbonyl (C=O) groups excluding carboxylic acids is 2. The third-order valence-electron chi connectivity index (χ3n) is 5.87. The van der Waals surface area contributed by atoms with Crippen molar-refractivity contribution in [3.8, 4) is 0 Å². The fourth-order valence-electron chi connectivity index (χ4n) is 4.36. The molecule has 4 nitrogen and oxygen atoms in total. The maximum absolute atomic E-state index is 13.8. The second-order valence-electron chi connectivity index (χ2n) is 7.46. The number of benzene rings is 1. The number of nitrogens with zero attached hydrogens (tertiary/aromatic N) is 2. The van der Waals surface area contributed by atoms with Crippen LogP contribution in [0.15, 0.2) is 24.3 Å². The van der Waals surface area contributed by atoms with Gasteiger partial charge in [-0.05, 0) is 44.7 Å². The van der Waals surface area contributed by atoms with Crippen LogP contribution in [0.1, 0.15) is 62.2 Å². The van der Waals surface area contributed by atoms with Crippen molar-refractivity contribution in [3.05, 3.63) is 35.6 Å². The summed E-state index contributed by atoms with van der Waals surface area (Å²) in [5.41, 5.74) is 0.120. The van der Waals surface area contributed by atoms with Crippen LogP contribution in [-0.4, -0.2) is 47.3 Å². The lowest BCUT2D eigenvalue weighted by Gasteiger charge is -2.38. The molecule has 1 saturated carbocycles. The molecule has 3 rings (SSSR count). The van der Waals surface area contributed by atoms with Crippen LogP contribution < -0.4 is 0 Å². The zero-order chi connectivity index (χ0) is 18.5. The van der Waals surface area contributed by atoms with Crippen molar-refractivity contribution < 1.29 is 14.0 Å². The van der Waals surface area contributed by atoms with E-state index in [2.05, 4.69) is 11.8 Å². The highest BCUT2D eigenvalue weighted by molar-refractivity contribution is 5.94. The van der Waals surface area contributed by atoms with E-state index >= 15 is 0 Å². The molecule has 0 bridgehead atoms. The summed E-state index contributed by atoms with van der Waals surface area (Å²) in [5, 5.41) is 0. The first-order valence-electron chi connectivity index (χ1n) is 9.96. The minimum absolute atomic E-state index is 0.0125. The summed E-state index contributed by atoms with van der Waals surface area (Å²) < 4.78 is 13.8. The summed E-state index contributed by atoms with van der Waals surface area (Å²) in [5.74, 6) is -0.516. The Labute approximate surface area is 155 Å². The zero-order valence-electron chi connectivity index (χ0n) is 15.6. The molecule has 0 radical (unpaired) electrons. The number of piperidine rings is 1. The van der Waals surface area contributed by atoms with Gasteiger partial charge in [-0.25, -0.2) is 4.39 Å². The maximum Gasteiger partial charge on any atom is 0.256 e. The third kappa shape index (κ3) is 4.08. The lowest BCUT2D eigenvalue weighted by molar-refractivity contribution is -0.139. The molecular formula is C21H29FN2O2. The number of amides is 2. The molecule has 26 heavy (non-hydrogen) atoms. The number of hydrogen-bond donors (Lipinski definition) is 0. The molecule has 1 heterocycles. The van der Waals surface area contributed by atoms with Gasteiger partial charge in [0.2, 0.25) is 5.91 Å². The Morgan fingerprint density at radius 1 is 1.08 bits per heavy atom. The molecule has 1 aliphatic carbocycles. The van der Waals surface area contributed by atoms with Gasteiger partial charge in [-0.2, -0.15) is 0 Å². The minimum atomic E-state index is -0.481. The Morgan fingerprint density at radius 3 is 2.35 bits per heavy atom. The molecule has 1 aromatic carbocycles. The Morgan fingerprint density at radius 2 is 1.73 bits per heavy atom. The zero-order valence-corrected chi connectivity index (χ0v) is 15.6. The molecule has 0 spiro atoms. The van der Waals surface area contributed by atoms with Gasteiger partial charge in [0.25, 0.3) is 5.91 Å². The van der Waals surface area contributed by atoms with Crippen molar-refractivity contribution in [2.24, 2.45) is 5.92 Å². The van der Waals surface area contributed by atoms with Gasteiger partial charge < -0.3 is 9.80 Å². The smallest absolute Gasteiger partial charge is 0.256 e. The molecule has 1 aliphatic heterocycles. The molecule has 0 aromatic heterocycles. The standard InChI is InChI=1S/C21H29FN2O2/c1-2-24(17-8-4-3-5-9-17)20(25)16-12-14-23(15-13-16)21(26)18-10-6-7-11-19(18)22/h6-7,10-11,16-17H,2-5,8-9,12-15H2,1H3. The molecule has 0 unspecified atom stereocenters. The highest BCUT2D eigenvalue weighted by Gasteiger charge is 2.33. The van der Waals surface area contributed by atoms with E-state index in [1.807, 2.05) is 0 Å². The Balaban J connectivity index is 1.58. The van der Waals surface area contributed by atoms with Crippen molar-refractivity contribution in [1.82, 2.24) is 9.80 Å². The number of rotatable bonds is 4. The van der Waals surface area contributed by atoms with Gasteiger partial charge in [0, 0.05) is 31.6 Å². The van der Waals surface area contributed by atoms with Crippen LogP contribution in [0.2, 0.25) is 0 Å². The van der Waals surface area contributed by atoms with Crippen molar-refractivity contribution in [2.45, 2.75) is 57.9 Å². The lowest BCUT2D eigenvalue weighted by Crippen LogP contribution is -2.48. The van der Waals surface area contributed by atoms with Crippen LogP contribution in [0.3, 0.4) is 0 Å². The second kappa shape index (κ2) is 8.65. The molecule has 2 fully saturated rings. The molecule has 2 amide bonds. The maximum atomic E-state index is 13.8. The van der Waals surface area contributed by atoms with Gasteiger partial charge in [0.05, 0.1) is 5.56 Å². The van der Waals surface area contributed by atoms with Crippen LogP contribution in [0.5, 0.6) is 0 Å². The third-order valence-corrected chi connectivity index (χ3v) is 5.87. The molecular weight excluding hydrogens is 331 g/mol. The molecule has 1 saturated heterocycles. The highest BCUT2D eigenvalue weighted by atomic mass is 19.1. The van der Waals surface area contributed by atoms with Crippen LogP contribution >= 0.6 is 0 Å². The van der Waals surface area contributed by atoms with Gasteiger partial charge >= 0.3 is 0 Å². The average Bonchev–Trinajstić information content (AvgIpc) is 2.69. The molecule has 142 valence electrons. The Kier molecular flexibility index (Phi) is 6.28. The van der Waals surface area contributed by atoms with Crippen LogP contribution in [0.4, 0.5) is 4.39 Å². The molecule has 0 N–H and O–H groups in total. The monoisotopic (exact) mass is 360 g/mol. The average molecular weight is 360 g/mol. The van der Waals surface area contributed by atoms with E-state index in [0.29, 0.717) is 32.0 Å². The van der Waals surface area contributed by atoms with E-state index in [-0.39, 0.29) is 23.3 Å². The van der Waals surface area contributed by atoms with E-state index in [0.717, 1.165) is 19.4 Å². The number of likely N-dealkylation sites (tertiary alicyclic amines) is 1. The highest BCUT2D eigenvalue weighted by Crippen LogP contribution is 2.27. The van der Waals surface area contributed by atoms with Gasteiger partial charge in [0.1, 0.15) is 5.82 Å². The summed E-state index contributed by atoms with van der Waals surface area (Å²) in [7, 11) is 0. The topological polar surface area (TPSA) is 40.6 Å². The van der Waals surface area contributed by atoms with Crippen molar-refractivity contribution >= 4 is 11.8 Å². The summed E-state index contributed by atoms with van der Waals surface area (Å²) in [6, 6.07) is 6.49. The summed E-state index contributed by atoms with van der Waals surface area (Å²) in [6.45, 7) is 3.86. The van der Waals surface area contributed by atoms with Gasteiger partial charge in [-0.3, -0.25) is 9.59 Å². The summed E-state index contributed by atoms with van der Waals surface area (Å²) in [6.07, 6.45) is 7.27. The molecule has 1 aromatic rings. The van der Waals surface area contributed by atoms with E-state index in [9.17, 15) is 14.0 Å². The normalized spacial score (nSPS) is 19.4. The van der Waals surface area contributed by atoms with E-state index in [4.69, 9.17) is 0 Å². The lowest BCUT2D eigenvalue weighted by atomic mass is 9.90. The first-order valence-corrected chi connectivity index (χ1v) is 9.96. The predicted molar refractivity (Wildman–Crippen MR) is 99.3 cm³/mol. The number of hydrogen-bond acceptors (Lipinski definition) is 2. The second-order valence-corrected chi connectivity index (χ2v) is 7.46. The summed E-state index contributed by atoms with van der Waals surface area (Å²) in [4.78, 5) is 29.3. The van der Waals surface area contributed by atoms with Crippen LogP contribution in [0, 0.1) is 11.7 Å². The molecule has 0 atom stereocenters. The van der Waals surface area contributed by atoms with Crippen molar-refractivity contribution in [2.75, 3.05) is 19.6 Å². The van der Waals surface area contributed by atoms with Crippen molar-refractivity contribution in [1.29, 1.82) is 0 Å². The van der Waals surface area contributed by atoms with Gasteiger partial charge in [-0.1, -0.05) is 31.4 Å². The van der Waals surface area contributed by atoms with Crippen LogP contribution in [-0.2, 0) is 4.79 Å². The molecule has 5 heteroatoms. The fourth-order valence-corrected chi connectivity index (χ4v) is 4.36. The van der Waals surface area contributed by atoms with Gasteiger partial charge in [-0.15, -0.1) is 0 Å². The minimum Gasteiger partial charge on any atom is -0.340 e. The Bertz CT molecular complexity index is 635. The number of carbonyl (C=O) groups is 2. The SMILES string of the molecule is CCN(C(=O)C1CCN(C(=O)c2ccccc2F)CC1)C1CCCCC1. The predicted octanol–water partition coefficient (Wildman–Crippen LogP) is 3.86. The van der Waals surface area contributed by atoms with E-state index in [1.165, 1.54) is 31.4 Å². The first-order chi connectivity index (χ1) is 12.6. The van der Waals surface area contributed by atoms with Gasteiger partial charge in [0.15, 0.2) is 0 Å².